The Morgan fingerprint density at radius 3 is 2.50 bits per heavy atom. The summed E-state index contributed by atoms with van der Waals surface area (Å²) in [6, 6.07) is 0.150. The lowest BCUT2D eigenvalue weighted by Crippen LogP contribution is -2.48. The van der Waals surface area contributed by atoms with Gasteiger partial charge in [0.1, 0.15) is 0 Å². The molecule has 3 saturated heterocycles. The Balaban J connectivity index is 1.77. The first kappa shape index (κ1) is 12.8. The zero-order valence-corrected chi connectivity index (χ0v) is 11.8. The Morgan fingerprint density at radius 2 is 1.83 bits per heavy atom. The topological polar surface area (TPSA) is 52.7 Å². The monoisotopic (exact) mass is 273 g/mol. The molecule has 0 aromatic heterocycles. The molecule has 3 unspecified atom stereocenters. The molecular formula is C12H23N3O2S. The first-order valence-corrected chi connectivity index (χ1v) is 8.48. The molecule has 0 aliphatic carbocycles. The van der Waals surface area contributed by atoms with E-state index in [0.717, 1.165) is 32.4 Å². The molecule has 0 aromatic rings. The zero-order valence-electron chi connectivity index (χ0n) is 11.0. The molecule has 3 heterocycles. The highest BCUT2D eigenvalue weighted by Gasteiger charge is 2.48. The molecule has 3 rings (SSSR count). The molecule has 0 amide bonds. The fraction of sp³-hybridized carbons (Fsp3) is 1.00. The first-order valence-electron chi connectivity index (χ1n) is 7.08. The number of hydrogen-bond acceptors (Lipinski definition) is 3. The minimum Gasteiger partial charge on any atom is -0.316 e. The Kier molecular flexibility index (Phi) is 3.38. The molecule has 104 valence electrons. The van der Waals surface area contributed by atoms with Gasteiger partial charge in [-0.15, -0.1) is 0 Å². The van der Waals surface area contributed by atoms with E-state index in [0.29, 0.717) is 31.5 Å². The summed E-state index contributed by atoms with van der Waals surface area (Å²) in [5, 5.41) is 3.37. The van der Waals surface area contributed by atoms with Gasteiger partial charge in [-0.25, -0.2) is 0 Å². The summed E-state index contributed by atoms with van der Waals surface area (Å²) in [7, 11) is -3.21. The van der Waals surface area contributed by atoms with Crippen LogP contribution < -0.4 is 5.32 Å². The second-order valence-corrected chi connectivity index (χ2v) is 7.74. The normalized spacial score (nSPS) is 39.1. The van der Waals surface area contributed by atoms with Crippen LogP contribution in [0.3, 0.4) is 0 Å². The van der Waals surface area contributed by atoms with Crippen molar-refractivity contribution in [2.24, 2.45) is 11.8 Å². The molecule has 0 spiro atoms. The molecule has 3 aliphatic heterocycles. The van der Waals surface area contributed by atoms with Gasteiger partial charge in [0.15, 0.2) is 0 Å². The maximum absolute atomic E-state index is 12.7. The Labute approximate surface area is 110 Å². The summed E-state index contributed by atoms with van der Waals surface area (Å²) < 4.78 is 28.8. The van der Waals surface area contributed by atoms with E-state index in [1.165, 1.54) is 0 Å². The third-order valence-electron chi connectivity index (χ3n) is 4.82. The largest absolute Gasteiger partial charge is 0.316 e. The van der Waals surface area contributed by atoms with E-state index in [-0.39, 0.29) is 6.04 Å². The Morgan fingerprint density at radius 1 is 1.11 bits per heavy atom. The molecule has 3 aliphatic rings. The van der Waals surface area contributed by atoms with Crippen molar-refractivity contribution in [3.63, 3.8) is 0 Å². The van der Waals surface area contributed by atoms with Gasteiger partial charge in [-0.1, -0.05) is 6.42 Å². The van der Waals surface area contributed by atoms with Crippen LogP contribution in [0, 0.1) is 11.8 Å². The van der Waals surface area contributed by atoms with Crippen molar-refractivity contribution in [3.05, 3.63) is 0 Å². The van der Waals surface area contributed by atoms with Crippen LogP contribution in [0.15, 0.2) is 0 Å². The lowest BCUT2D eigenvalue weighted by atomic mass is 9.95. The maximum Gasteiger partial charge on any atom is 0.282 e. The van der Waals surface area contributed by atoms with Crippen molar-refractivity contribution in [1.29, 1.82) is 0 Å². The van der Waals surface area contributed by atoms with Crippen LogP contribution in [-0.4, -0.2) is 55.8 Å². The van der Waals surface area contributed by atoms with Crippen molar-refractivity contribution in [1.82, 2.24) is 13.9 Å². The Bertz CT molecular complexity index is 406. The fourth-order valence-corrected chi connectivity index (χ4v) is 5.65. The number of fused-ring (bicyclic) bond motifs is 1. The lowest BCUT2D eigenvalue weighted by molar-refractivity contribution is 0.288. The van der Waals surface area contributed by atoms with E-state index >= 15 is 0 Å². The smallest absolute Gasteiger partial charge is 0.282 e. The van der Waals surface area contributed by atoms with Crippen LogP contribution in [-0.2, 0) is 10.2 Å². The molecule has 18 heavy (non-hydrogen) atoms. The SMILES string of the molecule is CC1C2CNCC2CN1S(=O)(=O)N1CCCCC1. The van der Waals surface area contributed by atoms with E-state index in [2.05, 4.69) is 12.2 Å². The van der Waals surface area contributed by atoms with Crippen LogP contribution in [0.5, 0.6) is 0 Å². The number of nitrogens with one attached hydrogen (secondary N) is 1. The predicted octanol–water partition coefficient (Wildman–Crippen LogP) is 0.257. The predicted molar refractivity (Wildman–Crippen MR) is 70.4 cm³/mol. The molecule has 0 radical (unpaired) electrons. The highest BCUT2D eigenvalue weighted by atomic mass is 32.2. The fourth-order valence-electron chi connectivity index (χ4n) is 3.68. The van der Waals surface area contributed by atoms with Gasteiger partial charge in [0.25, 0.3) is 10.2 Å². The summed E-state index contributed by atoms with van der Waals surface area (Å²) in [4.78, 5) is 0. The molecule has 3 fully saturated rings. The van der Waals surface area contributed by atoms with E-state index in [1.807, 2.05) is 0 Å². The third-order valence-corrected chi connectivity index (χ3v) is 6.91. The van der Waals surface area contributed by atoms with E-state index in [9.17, 15) is 8.42 Å². The molecule has 3 atom stereocenters. The summed E-state index contributed by atoms with van der Waals surface area (Å²) in [6.45, 7) is 6.13. The van der Waals surface area contributed by atoms with Gasteiger partial charge in [0, 0.05) is 25.7 Å². The number of hydrogen-bond donors (Lipinski definition) is 1. The molecule has 0 bridgehead atoms. The maximum atomic E-state index is 12.7. The van der Waals surface area contributed by atoms with Crippen LogP contribution in [0.25, 0.3) is 0 Å². The van der Waals surface area contributed by atoms with Gasteiger partial charge in [-0.3, -0.25) is 0 Å². The summed E-state index contributed by atoms with van der Waals surface area (Å²) in [6.07, 6.45) is 3.18. The van der Waals surface area contributed by atoms with Gasteiger partial charge in [-0.05, 0) is 44.7 Å². The van der Waals surface area contributed by atoms with Crippen LogP contribution in [0.1, 0.15) is 26.2 Å². The highest BCUT2D eigenvalue weighted by molar-refractivity contribution is 7.86. The quantitative estimate of drug-likeness (QED) is 0.785. The van der Waals surface area contributed by atoms with Crippen LogP contribution in [0.2, 0.25) is 0 Å². The van der Waals surface area contributed by atoms with E-state index < -0.39 is 10.2 Å². The average Bonchev–Trinajstić information content (AvgIpc) is 2.94. The number of piperidine rings is 1. The van der Waals surface area contributed by atoms with Gasteiger partial charge >= 0.3 is 0 Å². The standard InChI is InChI=1S/C12H23N3O2S/c1-10-12-8-13-7-11(12)9-15(10)18(16,17)14-5-3-2-4-6-14/h10-13H,2-9H2,1H3. The van der Waals surface area contributed by atoms with Crippen molar-refractivity contribution < 1.29 is 8.42 Å². The average molecular weight is 273 g/mol. The molecule has 6 heteroatoms. The van der Waals surface area contributed by atoms with Crippen molar-refractivity contribution in [3.8, 4) is 0 Å². The minimum absolute atomic E-state index is 0.150. The van der Waals surface area contributed by atoms with Gasteiger partial charge < -0.3 is 5.32 Å². The first-order chi connectivity index (χ1) is 8.60. The van der Waals surface area contributed by atoms with Crippen molar-refractivity contribution in [2.45, 2.75) is 32.2 Å². The molecule has 0 aromatic carbocycles. The van der Waals surface area contributed by atoms with Gasteiger partial charge in [0.05, 0.1) is 0 Å². The molecule has 0 saturated carbocycles. The van der Waals surface area contributed by atoms with Crippen molar-refractivity contribution >= 4 is 10.2 Å². The third kappa shape index (κ3) is 1.99. The second kappa shape index (κ2) is 4.74. The number of nitrogens with zero attached hydrogens (tertiary/aromatic N) is 2. The second-order valence-electron chi connectivity index (χ2n) is 5.86. The summed E-state index contributed by atoms with van der Waals surface area (Å²) in [5.41, 5.74) is 0. The molecule has 5 nitrogen and oxygen atoms in total. The zero-order chi connectivity index (χ0) is 12.8. The van der Waals surface area contributed by atoms with Gasteiger partial charge in [-0.2, -0.15) is 17.0 Å². The molecule has 1 N–H and O–H groups in total. The lowest BCUT2D eigenvalue weighted by Gasteiger charge is -2.32. The van der Waals surface area contributed by atoms with Crippen LogP contribution >= 0.6 is 0 Å². The van der Waals surface area contributed by atoms with Crippen molar-refractivity contribution in [2.75, 3.05) is 32.7 Å². The number of rotatable bonds is 2. The Hall–Kier alpha value is -0.170. The minimum atomic E-state index is -3.21. The summed E-state index contributed by atoms with van der Waals surface area (Å²) in [5.74, 6) is 1.02. The van der Waals surface area contributed by atoms with Crippen LogP contribution in [0.4, 0.5) is 0 Å². The van der Waals surface area contributed by atoms with E-state index in [1.54, 1.807) is 8.61 Å². The van der Waals surface area contributed by atoms with Gasteiger partial charge in [0.2, 0.25) is 0 Å². The summed E-state index contributed by atoms with van der Waals surface area (Å²) >= 11 is 0. The highest BCUT2D eigenvalue weighted by Crippen LogP contribution is 2.35. The molecular weight excluding hydrogens is 250 g/mol. The van der Waals surface area contributed by atoms with E-state index in [4.69, 9.17) is 0 Å².